The molecule has 0 spiro atoms. The molecule has 3 aromatic rings. The molecule has 6 heteroatoms. The molecule has 0 atom stereocenters. The van der Waals surface area contributed by atoms with Crippen LogP contribution in [0.2, 0.25) is 5.15 Å². The summed E-state index contributed by atoms with van der Waals surface area (Å²) in [5, 5.41) is 7.25. The third-order valence-electron chi connectivity index (χ3n) is 2.94. The number of nitrogens with two attached hydrogens (primary N) is 1. The number of aromatic amines is 1. The number of hydrogen-bond donors (Lipinski definition) is 2. The van der Waals surface area contributed by atoms with Crippen LogP contribution in [-0.4, -0.2) is 15.2 Å². The molecule has 0 radical (unpaired) electrons. The molecule has 3 rings (SSSR count). The van der Waals surface area contributed by atoms with E-state index in [-0.39, 0.29) is 5.82 Å². The minimum Gasteiger partial charge on any atom is -0.382 e. The van der Waals surface area contributed by atoms with Crippen molar-refractivity contribution in [3.8, 4) is 22.4 Å². The molecule has 0 unspecified atom stereocenters. The van der Waals surface area contributed by atoms with Crippen LogP contribution in [0, 0.1) is 5.82 Å². The quantitative estimate of drug-likeness (QED) is 0.709. The maximum atomic E-state index is 13.0. The Kier molecular flexibility index (Phi) is 3.12. The van der Waals surface area contributed by atoms with Gasteiger partial charge in [0, 0.05) is 11.8 Å². The van der Waals surface area contributed by atoms with E-state index in [1.54, 1.807) is 30.5 Å². The van der Waals surface area contributed by atoms with E-state index in [1.807, 2.05) is 0 Å². The molecule has 0 amide bonds. The van der Waals surface area contributed by atoms with E-state index in [1.165, 1.54) is 12.1 Å². The standard InChI is InChI=1S/C14H10ClFN4/c15-11-7-9(5-6-18-11)12-13(19-20-14(12)17)8-1-3-10(16)4-2-8/h1-7H,(H3,17,19,20). The third kappa shape index (κ3) is 2.23. The van der Waals surface area contributed by atoms with Crippen LogP contribution < -0.4 is 5.73 Å². The van der Waals surface area contributed by atoms with E-state index in [0.29, 0.717) is 16.7 Å². The topological polar surface area (TPSA) is 67.6 Å². The van der Waals surface area contributed by atoms with Gasteiger partial charge in [-0.1, -0.05) is 11.6 Å². The molecule has 2 aromatic heterocycles. The maximum Gasteiger partial charge on any atom is 0.153 e. The zero-order valence-corrected chi connectivity index (χ0v) is 11.0. The van der Waals surface area contributed by atoms with Crippen LogP contribution >= 0.6 is 11.6 Å². The van der Waals surface area contributed by atoms with Gasteiger partial charge in [-0.15, -0.1) is 0 Å². The third-order valence-corrected chi connectivity index (χ3v) is 3.15. The molecule has 0 saturated heterocycles. The van der Waals surface area contributed by atoms with Gasteiger partial charge < -0.3 is 5.73 Å². The molecule has 4 nitrogen and oxygen atoms in total. The summed E-state index contributed by atoms with van der Waals surface area (Å²) in [6, 6.07) is 9.59. The van der Waals surface area contributed by atoms with Crippen LogP contribution in [0.5, 0.6) is 0 Å². The molecule has 2 heterocycles. The molecule has 100 valence electrons. The van der Waals surface area contributed by atoms with Crippen LogP contribution in [0.4, 0.5) is 10.2 Å². The lowest BCUT2D eigenvalue weighted by Gasteiger charge is -2.05. The van der Waals surface area contributed by atoms with Gasteiger partial charge in [0.05, 0.1) is 11.3 Å². The summed E-state index contributed by atoms with van der Waals surface area (Å²) >= 11 is 5.90. The SMILES string of the molecule is Nc1n[nH]c(-c2ccc(F)cc2)c1-c1ccnc(Cl)c1. The summed E-state index contributed by atoms with van der Waals surface area (Å²) in [4.78, 5) is 3.94. The Bertz CT molecular complexity index is 752. The van der Waals surface area contributed by atoms with Crippen molar-refractivity contribution in [2.24, 2.45) is 0 Å². The lowest BCUT2D eigenvalue weighted by atomic mass is 10.0. The average molecular weight is 289 g/mol. The molecular weight excluding hydrogens is 279 g/mol. The number of anilines is 1. The first-order valence-electron chi connectivity index (χ1n) is 5.87. The van der Waals surface area contributed by atoms with Crippen LogP contribution in [0.1, 0.15) is 0 Å². The van der Waals surface area contributed by atoms with E-state index in [2.05, 4.69) is 15.2 Å². The Hall–Kier alpha value is -2.40. The molecule has 1 aromatic carbocycles. The average Bonchev–Trinajstić information content (AvgIpc) is 2.81. The molecule has 0 fully saturated rings. The highest BCUT2D eigenvalue weighted by Gasteiger charge is 2.15. The molecule has 0 aliphatic rings. The van der Waals surface area contributed by atoms with Gasteiger partial charge in [0.15, 0.2) is 5.82 Å². The van der Waals surface area contributed by atoms with Gasteiger partial charge in [-0.05, 0) is 42.0 Å². The number of nitrogen functional groups attached to an aromatic ring is 1. The Morgan fingerprint density at radius 3 is 2.55 bits per heavy atom. The predicted molar refractivity (Wildman–Crippen MR) is 76.6 cm³/mol. The van der Waals surface area contributed by atoms with Gasteiger partial charge >= 0.3 is 0 Å². The van der Waals surface area contributed by atoms with Crippen molar-refractivity contribution in [2.45, 2.75) is 0 Å². The molecule has 3 N–H and O–H groups in total. The first kappa shape index (κ1) is 12.6. The number of H-pyrrole nitrogens is 1. The summed E-state index contributed by atoms with van der Waals surface area (Å²) in [6.07, 6.45) is 1.60. The number of nitrogens with zero attached hydrogens (tertiary/aromatic N) is 2. The number of hydrogen-bond acceptors (Lipinski definition) is 3. The summed E-state index contributed by atoms with van der Waals surface area (Å²) in [5.41, 5.74) is 8.94. The van der Waals surface area contributed by atoms with Crippen molar-refractivity contribution >= 4 is 17.4 Å². The van der Waals surface area contributed by atoms with E-state index < -0.39 is 0 Å². The monoisotopic (exact) mass is 288 g/mol. The fourth-order valence-corrected chi connectivity index (χ4v) is 2.21. The smallest absolute Gasteiger partial charge is 0.153 e. The summed E-state index contributed by atoms with van der Waals surface area (Å²) in [6.45, 7) is 0. The normalized spacial score (nSPS) is 10.7. The van der Waals surface area contributed by atoms with Gasteiger partial charge in [-0.25, -0.2) is 9.37 Å². The molecule has 0 aliphatic carbocycles. The van der Waals surface area contributed by atoms with Gasteiger partial charge in [0.25, 0.3) is 0 Å². The lowest BCUT2D eigenvalue weighted by Crippen LogP contribution is -1.89. The largest absolute Gasteiger partial charge is 0.382 e. The summed E-state index contributed by atoms with van der Waals surface area (Å²) < 4.78 is 13.0. The fraction of sp³-hybridized carbons (Fsp3) is 0. The van der Waals surface area contributed by atoms with Gasteiger partial charge in [0.2, 0.25) is 0 Å². The van der Waals surface area contributed by atoms with E-state index in [0.717, 1.165) is 16.7 Å². The highest BCUT2D eigenvalue weighted by Crippen LogP contribution is 2.35. The van der Waals surface area contributed by atoms with Crippen LogP contribution in [0.3, 0.4) is 0 Å². The number of nitrogens with one attached hydrogen (secondary N) is 1. The second kappa shape index (κ2) is 4.94. The molecule has 0 aliphatic heterocycles. The van der Waals surface area contributed by atoms with Crippen molar-refractivity contribution in [3.05, 3.63) is 53.6 Å². The van der Waals surface area contributed by atoms with Gasteiger partial charge in [0.1, 0.15) is 11.0 Å². The molecule has 20 heavy (non-hydrogen) atoms. The van der Waals surface area contributed by atoms with Crippen LogP contribution in [0.15, 0.2) is 42.6 Å². The van der Waals surface area contributed by atoms with Gasteiger partial charge in [-0.2, -0.15) is 5.10 Å². The Balaban J connectivity index is 2.17. The second-order valence-electron chi connectivity index (χ2n) is 4.23. The van der Waals surface area contributed by atoms with E-state index >= 15 is 0 Å². The molecular formula is C14H10ClFN4. The number of aromatic nitrogens is 3. The minimum atomic E-state index is -0.297. The van der Waals surface area contributed by atoms with Crippen LogP contribution in [0.25, 0.3) is 22.4 Å². The minimum absolute atomic E-state index is 0.297. The highest BCUT2D eigenvalue weighted by molar-refractivity contribution is 6.29. The predicted octanol–water partition coefficient (Wildman–Crippen LogP) is 3.51. The maximum absolute atomic E-state index is 13.0. The Morgan fingerprint density at radius 1 is 1.10 bits per heavy atom. The zero-order chi connectivity index (χ0) is 14.1. The molecule has 0 saturated carbocycles. The van der Waals surface area contributed by atoms with Crippen molar-refractivity contribution < 1.29 is 4.39 Å². The zero-order valence-electron chi connectivity index (χ0n) is 10.3. The van der Waals surface area contributed by atoms with E-state index in [9.17, 15) is 4.39 Å². The number of benzene rings is 1. The first-order valence-corrected chi connectivity index (χ1v) is 6.24. The highest BCUT2D eigenvalue weighted by atomic mass is 35.5. The summed E-state index contributed by atoms with van der Waals surface area (Å²) in [5.74, 6) is 0.0568. The lowest BCUT2D eigenvalue weighted by molar-refractivity contribution is 0.628. The number of pyridine rings is 1. The molecule has 0 bridgehead atoms. The van der Waals surface area contributed by atoms with Crippen LogP contribution in [-0.2, 0) is 0 Å². The summed E-state index contributed by atoms with van der Waals surface area (Å²) in [7, 11) is 0. The van der Waals surface area contributed by atoms with Crippen molar-refractivity contribution in [1.82, 2.24) is 15.2 Å². The van der Waals surface area contributed by atoms with Gasteiger partial charge in [-0.3, -0.25) is 5.10 Å². The Morgan fingerprint density at radius 2 is 1.85 bits per heavy atom. The van der Waals surface area contributed by atoms with Crippen molar-refractivity contribution in [1.29, 1.82) is 0 Å². The van der Waals surface area contributed by atoms with E-state index in [4.69, 9.17) is 17.3 Å². The Labute approximate surface area is 119 Å². The van der Waals surface area contributed by atoms with Crippen molar-refractivity contribution in [2.75, 3.05) is 5.73 Å². The van der Waals surface area contributed by atoms with Crippen molar-refractivity contribution in [3.63, 3.8) is 0 Å². The second-order valence-corrected chi connectivity index (χ2v) is 4.62. The first-order chi connectivity index (χ1) is 9.65. The number of rotatable bonds is 2. The fourth-order valence-electron chi connectivity index (χ4n) is 2.03. The number of halogens is 2.